The molecule has 0 radical (unpaired) electrons. The first kappa shape index (κ1) is 31.1. The minimum Gasteiger partial charge on any atom is -0.208 e. The number of thiophene rings is 1. The highest BCUT2D eigenvalue weighted by atomic mass is 32.1. The van der Waals surface area contributed by atoms with Crippen molar-refractivity contribution in [2.24, 2.45) is 0 Å². The van der Waals surface area contributed by atoms with E-state index in [4.69, 9.17) is 15.0 Å². The summed E-state index contributed by atoms with van der Waals surface area (Å²) in [4.78, 5) is 16.0. The Labute approximate surface area is 317 Å². The molecule has 0 unspecified atom stereocenters. The van der Waals surface area contributed by atoms with Gasteiger partial charge in [-0.3, -0.25) is 0 Å². The third kappa shape index (κ3) is 4.70. The molecule has 0 spiro atoms. The zero-order valence-corrected chi connectivity index (χ0v) is 30.7. The van der Waals surface area contributed by atoms with E-state index < -0.39 is 0 Å². The van der Waals surface area contributed by atoms with Gasteiger partial charge in [0.2, 0.25) is 0 Å². The largest absolute Gasteiger partial charge is 0.208 e. The van der Waals surface area contributed by atoms with Gasteiger partial charge in [-0.15, -0.1) is 11.3 Å². The third-order valence-electron chi connectivity index (χ3n) is 11.3. The first-order chi connectivity index (χ1) is 26.5. The van der Waals surface area contributed by atoms with Crippen molar-refractivity contribution in [3.05, 3.63) is 175 Å². The first-order valence-corrected chi connectivity index (χ1v) is 19.3. The summed E-state index contributed by atoms with van der Waals surface area (Å²) in [6.45, 7) is 4.67. The third-order valence-corrected chi connectivity index (χ3v) is 12.5. The van der Waals surface area contributed by atoms with Gasteiger partial charge in [0.05, 0.1) is 0 Å². The summed E-state index contributed by atoms with van der Waals surface area (Å²) in [6.07, 6.45) is 0. The van der Waals surface area contributed by atoms with Gasteiger partial charge in [-0.25, -0.2) is 15.0 Å². The quantitative estimate of drug-likeness (QED) is 0.171. The van der Waals surface area contributed by atoms with Crippen LogP contribution >= 0.6 is 11.3 Å². The molecule has 54 heavy (non-hydrogen) atoms. The molecule has 11 rings (SSSR count). The van der Waals surface area contributed by atoms with E-state index in [-0.39, 0.29) is 5.41 Å². The van der Waals surface area contributed by atoms with Crippen molar-refractivity contribution < 1.29 is 0 Å². The molecule has 0 amide bonds. The molecule has 10 aromatic rings. The van der Waals surface area contributed by atoms with Crippen molar-refractivity contribution >= 4 is 53.1 Å². The normalized spacial score (nSPS) is 13.1. The fourth-order valence-corrected chi connectivity index (χ4v) is 9.77. The molecule has 0 aliphatic heterocycles. The average Bonchev–Trinajstić information content (AvgIpc) is 3.72. The van der Waals surface area contributed by atoms with E-state index in [0.717, 1.165) is 27.5 Å². The van der Waals surface area contributed by atoms with Crippen molar-refractivity contribution in [3.63, 3.8) is 0 Å². The van der Waals surface area contributed by atoms with Crippen LogP contribution in [0.2, 0.25) is 0 Å². The van der Waals surface area contributed by atoms with Crippen LogP contribution in [-0.2, 0) is 5.41 Å². The molecule has 0 atom stereocenters. The lowest BCUT2D eigenvalue weighted by Gasteiger charge is -2.22. The van der Waals surface area contributed by atoms with Crippen LogP contribution in [0.4, 0.5) is 0 Å². The molecule has 0 fully saturated rings. The minimum absolute atomic E-state index is 0.208. The summed E-state index contributed by atoms with van der Waals surface area (Å²) in [5, 5.41) is 7.10. The fourth-order valence-electron chi connectivity index (χ4n) is 8.64. The summed E-state index contributed by atoms with van der Waals surface area (Å²) in [7, 11) is 0. The highest BCUT2D eigenvalue weighted by Gasteiger charge is 2.36. The van der Waals surface area contributed by atoms with Crippen molar-refractivity contribution in [2.75, 3.05) is 0 Å². The zero-order valence-electron chi connectivity index (χ0n) is 29.8. The zero-order chi connectivity index (χ0) is 36.0. The van der Waals surface area contributed by atoms with Crippen molar-refractivity contribution in [1.82, 2.24) is 15.0 Å². The van der Waals surface area contributed by atoms with Crippen LogP contribution in [0.1, 0.15) is 25.0 Å². The summed E-state index contributed by atoms with van der Waals surface area (Å²) >= 11 is 1.81. The van der Waals surface area contributed by atoms with E-state index in [9.17, 15) is 0 Å². The maximum Gasteiger partial charge on any atom is 0.164 e. The highest BCUT2D eigenvalue weighted by Crippen LogP contribution is 2.51. The second kappa shape index (κ2) is 11.8. The number of benzene rings is 8. The lowest BCUT2D eigenvalue weighted by Crippen LogP contribution is -2.15. The van der Waals surface area contributed by atoms with Crippen LogP contribution in [0.25, 0.3) is 98.1 Å². The molecule has 8 aromatic carbocycles. The standard InChI is InChI=1S/C50H33N3S/c1-50(2)41-28-33(30-12-4-3-5-13-30)24-26-36(41)37-27-25-34(29-42(37)50)47-51-48(39-18-10-15-32-23-22-31-14-6-7-16-35(31)45(32)39)53-49(52-47)40-19-11-21-44-46(40)38-17-8-9-20-43(38)54-44/h3-29H,1-2H3. The Hall–Kier alpha value is -6.49. The molecular weight excluding hydrogens is 675 g/mol. The Kier molecular flexibility index (Phi) is 6.77. The molecule has 0 bridgehead atoms. The molecule has 3 nitrogen and oxygen atoms in total. The van der Waals surface area contributed by atoms with E-state index >= 15 is 0 Å². The molecule has 0 saturated carbocycles. The minimum atomic E-state index is -0.208. The molecule has 254 valence electrons. The summed E-state index contributed by atoms with van der Waals surface area (Å²) in [5.41, 5.74) is 10.4. The number of aromatic nitrogens is 3. The second-order valence-electron chi connectivity index (χ2n) is 14.8. The maximum atomic E-state index is 5.35. The van der Waals surface area contributed by atoms with E-state index in [1.54, 1.807) is 0 Å². The van der Waals surface area contributed by atoms with Gasteiger partial charge in [-0.05, 0) is 73.8 Å². The van der Waals surface area contributed by atoms with Gasteiger partial charge in [0.15, 0.2) is 17.5 Å². The lowest BCUT2D eigenvalue weighted by molar-refractivity contribution is 0.661. The molecule has 1 aliphatic rings. The van der Waals surface area contributed by atoms with Crippen molar-refractivity contribution in [3.8, 4) is 56.4 Å². The number of nitrogens with zero attached hydrogens (tertiary/aromatic N) is 3. The smallest absolute Gasteiger partial charge is 0.164 e. The predicted octanol–water partition coefficient (Wildman–Crippen LogP) is 13.5. The Balaban J connectivity index is 1.14. The van der Waals surface area contributed by atoms with Gasteiger partial charge in [0, 0.05) is 47.7 Å². The Morgan fingerprint density at radius 1 is 0.389 bits per heavy atom. The predicted molar refractivity (Wildman–Crippen MR) is 227 cm³/mol. The number of hydrogen-bond acceptors (Lipinski definition) is 4. The van der Waals surface area contributed by atoms with Gasteiger partial charge in [-0.1, -0.05) is 153 Å². The lowest BCUT2D eigenvalue weighted by atomic mass is 9.81. The maximum absolute atomic E-state index is 5.35. The molecule has 2 heterocycles. The van der Waals surface area contributed by atoms with E-state index in [2.05, 4.69) is 178 Å². The summed E-state index contributed by atoms with van der Waals surface area (Å²) < 4.78 is 2.48. The topological polar surface area (TPSA) is 38.7 Å². The van der Waals surface area contributed by atoms with Gasteiger partial charge < -0.3 is 0 Å². The first-order valence-electron chi connectivity index (χ1n) is 18.4. The van der Waals surface area contributed by atoms with Gasteiger partial charge in [-0.2, -0.15) is 0 Å². The Morgan fingerprint density at radius 2 is 0.963 bits per heavy atom. The van der Waals surface area contributed by atoms with Crippen LogP contribution in [0, 0.1) is 0 Å². The van der Waals surface area contributed by atoms with E-state index in [0.29, 0.717) is 17.5 Å². The van der Waals surface area contributed by atoms with Gasteiger partial charge in [0.25, 0.3) is 0 Å². The van der Waals surface area contributed by atoms with Gasteiger partial charge >= 0.3 is 0 Å². The molecule has 0 saturated heterocycles. The Bertz CT molecular complexity index is 3140. The SMILES string of the molecule is CC1(C)c2cc(-c3ccccc3)ccc2-c2ccc(-c3nc(-c4cccc5ccc6ccccc6c45)nc(-c4cccc5sc6ccccc6c45)n3)cc21. The van der Waals surface area contributed by atoms with Crippen LogP contribution in [0.5, 0.6) is 0 Å². The molecule has 1 aliphatic carbocycles. The number of fused-ring (bicyclic) bond motifs is 9. The van der Waals surface area contributed by atoms with E-state index in [1.165, 1.54) is 64.3 Å². The number of rotatable bonds is 4. The summed E-state index contributed by atoms with van der Waals surface area (Å²) in [6, 6.07) is 58.9. The fraction of sp³-hybridized carbons (Fsp3) is 0.0600. The number of hydrogen-bond donors (Lipinski definition) is 0. The van der Waals surface area contributed by atoms with Crippen molar-refractivity contribution in [2.45, 2.75) is 19.3 Å². The van der Waals surface area contributed by atoms with Crippen LogP contribution in [-0.4, -0.2) is 15.0 Å². The second-order valence-corrected chi connectivity index (χ2v) is 15.9. The highest BCUT2D eigenvalue weighted by molar-refractivity contribution is 7.25. The average molecular weight is 708 g/mol. The van der Waals surface area contributed by atoms with Crippen LogP contribution in [0.15, 0.2) is 164 Å². The molecule has 0 N–H and O–H groups in total. The van der Waals surface area contributed by atoms with Crippen LogP contribution < -0.4 is 0 Å². The summed E-state index contributed by atoms with van der Waals surface area (Å²) in [5.74, 6) is 2.02. The Morgan fingerprint density at radius 3 is 1.76 bits per heavy atom. The molecule has 4 heteroatoms. The molecule has 2 aromatic heterocycles. The van der Waals surface area contributed by atoms with Crippen molar-refractivity contribution in [1.29, 1.82) is 0 Å². The van der Waals surface area contributed by atoms with Gasteiger partial charge in [0.1, 0.15) is 0 Å². The molecular formula is C50H33N3S. The van der Waals surface area contributed by atoms with E-state index in [1.807, 2.05) is 11.3 Å². The van der Waals surface area contributed by atoms with Crippen LogP contribution in [0.3, 0.4) is 0 Å². The monoisotopic (exact) mass is 707 g/mol.